The predicted octanol–water partition coefficient (Wildman–Crippen LogP) is 2.83. The van der Waals surface area contributed by atoms with Gasteiger partial charge in [-0.2, -0.15) is 0 Å². The number of nitrogens with one attached hydrogen (secondary N) is 1. The van der Waals surface area contributed by atoms with Crippen LogP contribution in [0.4, 0.5) is 5.69 Å². The Morgan fingerprint density at radius 3 is 2.44 bits per heavy atom. The van der Waals surface area contributed by atoms with Crippen molar-refractivity contribution in [2.75, 3.05) is 5.32 Å². The number of hydrogen-bond acceptors (Lipinski definition) is 3. The van der Waals surface area contributed by atoms with Gasteiger partial charge in [-0.15, -0.1) is 0 Å². The van der Waals surface area contributed by atoms with Gasteiger partial charge in [-0.25, -0.2) is 4.79 Å². The van der Waals surface area contributed by atoms with Crippen LogP contribution in [0.2, 0.25) is 0 Å². The van der Waals surface area contributed by atoms with Crippen molar-refractivity contribution >= 4 is 40.2 Å². The van der Waals surface area contributed by atoms with E-state index in [0.29, 0.717) is 5.69 Å². The molecule has 0 spiro atoms. The molecule has 1 aromatic carbocycles. The van der Waals surface area contributed by atoms with Crippen molar-refractivity contribution < 1.29 is 19.1 Å². The Morgan fingerprint density at radius 1 is 1.22 bits per heavy atom. The molecule has 92 valence electrons. The molecule has 0 aliphatic carbocycles. The molecule has 2 aromatic rings. The molecular weight excluding hydrogens is 349 g/mol. The van der Waals surface area contributed by atoms with E-state index in [1.54, 1.807) is 12.1 Å². The Morgan fingerprint density at radius 2 is 1.89 bits per heavy atom. The van der Waals surface area contributed by atoms with E-state index in [1.807, 2.05) is 12.1 Å². The molecule has 0 bridgehead atoms. The lowest BCUT2D eigenvalue weighted by Gasteiger charge is -2.02. The zero-order chi connectivity index (χ0) is 13.1. The highest BCUT2D eigenvalue weighted by Gasteiger charge is 2.14. The van der Waals surface area contributed by atoms with Gasteiger partial charge in [0.2, 0.25) is 0 Å². The third kappa shape index (κ3) is 2.89. The monoisotopic (exact) mass is 357 g/mol. The van der Waals surface area contributed by atoms with E-state index in [9.17, 15) is 9.59 Å². The summed E-state index contributed by atoms with van der Waals surface area (Å²) in [5.74, 6) is -1.65. The van der Waals surface area contributed by atoms with Crippen LogP contribution < -0.4 is 5.32 Å². The molecule has 0 atom stereocenters. The van der Waals surface area contributed by atoms with Gasteiger partial charge in [-0.3, -0.25) is 4.79 Å². The number of hydrogen-bond donors (Lipinski definition) is 2. The molecule has 18 heavy (non-hydrogen) atoms. The largest absolute Gasteiger partial charge is 0.478 e. The Kier molecular flexibility index (Phi) is 3.66. The molecule has 0 saturated carbocycles. The first kappa shape index (κ1) is 12.6. The summed E-state index contributed by atoms with van der Waals surface area (Å²) in [6.45, 7) is 0. The van der Waals surface area contributed by atoms with Crippen molar-refractivity contribution in [1.82, 2.24) is 0 Å². The summed E-state index contributed by atoms with van der Waals surface area (Å²) >= 11 is 2.16. The van der Waals surface area contributed by atoms with Gasteiger partial charge in [0.1, 0.15) is 6.26 Å². The van der Waals surface area contributed by atoms with Crippen LogP contribution in [0.15, 0.2) is 41.0 Å². The number of carbonyl (C=O) groups excluding carboxylic acids is 1. The summed E-state index contributed by atoms with van der Waals surface area (Å²) in [5, 5.41) is 11.3. The molecule has 6 heteroatoms. The van der Waals surface area contributed by atoms with Crippen molar-refractivity contribution in [3.8, 4) is 0 Å². The number of anilines is 1. The second-order valence-electron chi connectivity index (χ2n) is 3.47. The molecule has 5 nitrogen and oxygen atoms in total. The Hall–Kier alpha value is -1.83. The number of aromatic carboxylic acids is 1. The second-order valence-corrected chi connectivity index (χ2v) is 4.71. The molecule has 1 amide bonds. The van der Waals surface area contributed by atoms with Crippen LogP contribution >= 0.6 is 22.6 Å². The molecule has 0 saturated heterocycles. The summed E-state index contributed by atoms with van der Waals surface area (Å²) in [6.07, 6.45) is 1.03. The third-order valence-corrected chi connectivity index (χ3v) is 2.89. The van der Waals surface area contributed by atoms with Gasteiger partial charge in [0.25, 0.3) is 5.91 Å². The van der Waals surface area contributed by atoms with Crippen molar-refractivity contribution in [2.45, 2.75) is 0 Å². The molecule has 2 N–H and O–H groups in total. The standard InChI is InChI=1S/C12H8INO4/c13-8-1-3-9(4-2-8)14-11(15)10-5-7(6-18-10)12(16)17/h1-6H,(H,14,15)(H,16,17). The van der Waals surface area contributed by atoms with E-state index in [2.05, 4.69) is 27.9 Å². The number of amides is 1. The average molecular weight is 357 g/mol. The zero-order valence-corrected chi connectivity index (χ0v) is 11.2. The van der Waals surface area contributed by atoms with Gasteiger partial charge < -0.3 is 14.8 Å². The van der Waals surface area contributed by atoms with Gasteiger partial charge in [-0.1, -0.05) is 0 Å². The van der Waals surface area contributed by atoms with E-state index in [1.165, 1.54) is 6.07 Å². The van der Waals surface area contributed by atoms with E-state index < -0.39 is 11.9 Å². The van der Waals surface area contributed by atoms with Gasteiger partial charge in [0.05, 0.1) is 5.56 Å². The first-order chi connectivity index (χ1) is 8.56. The Bertz CT molecular complexity index is 588. The van der Waals surface area contributed by atoms with Crippen LogP contribution in [0.5, 0.6) is 0 Å². The minimum absolute atomic E-state index is 0.0362. The number of benzene rings is 1. The molecule has 1 aromatic heterocycles. The van der Waals surface area contributed by atoms with Gasteiger partial charge in [-0.05, 0) is 46.9 Å². The summed E-state index contributed by atoms with van der Waals surface area (Å²) < 4.78 is 5.94. The molecule has 0 aliphatic rings. The van der Waals surface area contributed by atoms with Crippen LogP contribution in [0.1, 0.15) is 20.9 Å². The fourth-order valence-electron chi connectivity index (χ4n) is 1.29. The number of carbonyl (C=O) groups is 2. The maximum absolute atomic E-state index is 11.7. The average Bonchev–Trinajstić information content (AvgIpc) is 2.81. The van der Waals surface area contributed by atoms with Crippen molar-refractivity contribution in [3.05, 3.63) is 51.5 Å². The van der Waals surface area contributed by atoms with E-state index in [0.717, 1.165) is 9.83 Å². The highest BCUT2D eigenvalue weighted by atomic mass is 127. The van der Waals surface area contributed by atoms with Gasteiger partial charge in [0, 0.05) is 15.3 Å². The fourth-order valence-corrected chi connectivity index (χ4v) is 1.65. The maximum Gasteiger partial charge on any atom is 0.338 e. The molecule has 0 radical (unpaired) electrons. The number of carboxylic acids is 1. The number of furan rings is 1. The summed E-state index contributed by atoms with van der Waals surface area (Å²) in [7, 11) is 0. The first-order valence-electron chi connectivity index (χ1n) is 4.95. The normalized spacial score (nSPS) is 10.1. The molecule has 0 unspecified atom stereocenters. The Labute approximate surface area is 116 Å². The molecule has 1 heterocycles. The molecule has 2 rings (SSSR count). The first-order valence-corrected chi connectivity index (χ1v) is 6.03. The van der Waals surface area contributed by atoms with Crippen molar-refractivity contribution in [1.29, 1.82) is 0 Å². The zero-order valence-electron chi connectivity index (χ0n) is 9.01. The summed E-state index contributed by atoms with van der Waals surface area (Å²) in [5.41, 5.74) is 0.566. The van der Waals surface area contributed by atoms with E-state index >= 15 is 0 Å². The third-order valence-electron chi connectivity index (χ3n) is 2.17. The van der Waals surface area contributed by atoms with Gasteiger partial charge >= 0.3 is 5.97 Å². The van der Waals surface area contributed by atoms with Gasteiger partial charge in [0.15, 0.2) is 5.76 Å². The number of halogens is 1. The summed E-state index contributed by atoms with van der Waals surface area (Å²) in [4.78, 5) is 22.4. The predicted molar refractivity (Wildman–Crippen MR) is 72.8 cm³/mol. The fraction of sp³-hybridized carbons (Fsp3) is 0. The molecule has 0 aliphatic heterocycles. The SMILES string of the molecule is O=C(O)c1coc(C(=O)Nc2ccc(I)cc2)c1. The lowest BCUT2D eigenvalue weighted by Crippen LogP contribution is -2.10. The number of carboxylic acid groups (broad SMARTS) is 1. The van der Waals surface area contributed by atoms with E-state index in [4.69, 9.17) is 9.52 Å². The van der Waals surface area contributed by atoms with Crippen LogP contribution in [-0.2, 0) is 0 Å². The lowest BCUT2D eigenvalue weighted by molar-refractivity contribution is 0.0696. The minimum Gasteiger partial charge on any atom is -0.478 e. The minimum atomic E-state index is -1.13. The highest BCUT2D eigenvalue weighted by Crippen LogP contribution is 2.14. The van der Waals surface area contributed by atoms with Crippen LogP contribution in [0.3, 0.4) is 0 Å². The second kappa shape index (κ2) is 5.21. The van der Waals surface area contributed by atoms with Crippen LogP contribution in [0, 0.1) is 3.57 Å². The van der Waals surface area contributed by atoms with Crippen molar-refractivity contribution in [3.63, 3.8) is 0 Å². The van der Waals surface area contributed by atoms with Crippen LogP contribution in [-0.4, -0.2) is 17.0 Å². The molecular formula is C12H8INO4. The lowest BCUT2D eigenvalue weighted by atomic mass is 10.3. The van der Waals surface area contributed by atoms with E-state index in [-0.39, 0.29) is 11.3 Å². The number of rotatable bonds is 3. The quantitative estimate of drug-likeness (QED) is 0.828. The highest BCUT2D eigenvalue weighted by molar-refractivity contribution is 14.1. The smallest absolute Gasteiger partial charge is 0.338 e. The maximum atomic E-state index is 11.7. The summed E-state index contributed by atoms with van der Waals surface area (Å²) in [6, 6.07) is 8.38. The Balaban J connectivity index is 2.11. The topological polar surface area (TPSA) is 79.5 Å². The van der Waals surface area contributed by atoms with Crippen molar-refractivity contribution in [2.24, 2.45) is 0 Å². The van der Waals surface area contributed by atoms with Crippen LogP contribution in [0.25, 0.3) is 0 Å². The molecule has 0 fully saturated rings.